The monoisotopic (exact) mass is 171 g/mol. The van der Waals surface area contributed by atoms with E-state index in [-0.39, 0.29) is 18.3 Å². The maximum absolute atomic E-state index is 10.1. The van der Waals surface area contributed by atoms with Crippen LogP contribution in [0.2, 0.25) is 0 Å². The van der Waals surface area contributed by atoms with Crippen LogP contribution in [-0.2, 0) is 4.79 Å². The van der Waals surface area contributed by atoms with Gasteiger partial charge in [0.2, 0.25) is 5.91 Å². The maximum atomic E-state index is 10.1. The summed E-state index contributed by atoms with van der Waals surface area (Å²) >= 11 is 5.33. The van der Waals surface area contributed by atoms with Gasteiger partial charge in [0, 0.05) is 12.3 Å². The molecule has 9 heavy (non-hydrogen) atoms. The van der Waals surface area contributed by atoms with Crippen LogP contribution in [0.4, 0.5) is 0 Å². The van der Waals surface area contributed by atoms with Gasteiger partial charge in [-0.2, -0.15) is 0 Å². The van der Waals surface area contributed by atoms with E-state index in [2.05, 4.69) is 0 Å². The van der Waals surface area contributed by atoms with Gasteiger partial charge < -0.3 is 5.73 Å². The van der Waals surface area contributed by atoms with Gasteiger partial charge >= 0.3 is 0 Å². The molecule has 0 aliphatic rings. The molecule has 0 saturated carbocycles. The summed E-state index contributed by atoms with van der Waals surface area (Å²) in [6, 6.07) is 0. The Kier molecular flexibility index (Phi) is 10.6. The minimum absolute atomic E-state index is 0. The van der Waals surface area contributed by atoms with Gasteiger partial charge in [0.1, 0.15) is 0 Å². The standard InChI is InChI=1S/C5H10ClNO.ClH/c6-4-2-1-3-5(7)8;/h1-4H2,(H2,7,8);1H. The summed E-state index contributed by atoms with van der Waals surface area (Å²) in [5, 5.41) is 0. The van der Waals surface area contributed by atoms with Crippen molar-refractivity contribution in [3.05, 3.63) is 0 Å². The largest absolute Gasteiger partial charge is 0.370 e. The Morgan fingerprint density at radius 1 is 1.44 bits per heavy atom. The van der Waals surface area contributed by atoms with E-state index in [9.17, 15) is 4.79 Å². The first-order chi connectivity index (χ1) is 3.77. The average molecular weight is 172 g/mol. The lowest BCUT2D eigenvalue weighted by Gasteiger charge is -1.89. The molecule has 0 atom stereocenters. The molecule has 0 aromatic carbocycles. The lowest BCUT2D eigenvalue weighted by Crippen LogP contribution is -2.09. The molecule has 4 heteroatoms. The summed E-state index contributed by atoms with van der Waals surface area (Å²) in [4.78, 5) is 10.1. The molecule has 0 aromatic rings. The smallest absolute Gasteiger partial charge is 0.217 e. The van der Waals surface area contributed by atoms with Crippen LogP contribution in [0.25, 0.3) is 0 Å². The van der Waals surface area contributed by atoms with Crippen molar-refractivity contribution in [1.29, 1.82) is 0 Å². The number of primary amides is 1. The fraction of sp³-hybridized carbons (Fsp3) is 0.800. The van der Waals surface area contributed by atoms with Crippen LogP contribution in [0, 0.1) is 0 Å². The first-order valence-electron chi connectivity index (χ1n) is 2.61. The molecule has 0 radical (unpaired) electrons. The highest BCUT2D eigenvalue weighted by molar-refractivity contribution is 6.17. The van der Waals surface area contributed by atoms with Crippen molar-refractivity contribution in [2.24, 2.45) is 5.73 Å². The summed E-state index contributed by atoms with van der Waals surface area (Å²) in [5.41, 5.74) is 4.85. The lowest BCUT2D eigenvalue weighted by atomic mass is 10.2. The van der Waals surface area contributed by atoms with Crippen LogP contribution in [0.5, 0.6) is 0 Å². The van der Waals surface area contributed by atoms with E-state index in [4.69, 9.17) is 17.3 Å². The molecule has 0 aliphatic heterocycles. The van der Waals surface area contributed by atoms with Gasteiger partial charge in [-0.1, -0.05) is 0 Å². The van der Waals surface area contributed by atoms with E-state index in [1.165, 1.54) is 0 Å². The Bertz CT molecular complexity index is 77.4. The molecule has 56 valence electrons. The summed E-state index contributed by atoms with van der Waals surface area (Å²) in [5.74, 6) is 0.378. The van der Waals surface area contributed by atoms with Gasteiger partial charge in [-0.05, 0) is 12.8 Å². The molecule has 2 N–H and O–H groups in total. The molecule has 2 nitrogen and oxygen atoms in total. The first kappa shape index (κ1) is 11.8. The van der Waals surface area contributed by atoms with Crippen molar-refractivity contribution in [2.45, 2.75) is 19.3 Å². The Labute approximate surface area is 66.2 Å². The second kappa shape index (κ2) is 8.05. The van der Waals surface area contributed by atoms with Gasteiger partial charge in [0.05, 0.1) is 0 Å². The Morgan fingerprint density at radius 2 is 2.00 bits per heavy atom. The second-order valence-electron chi connectivity index (χ2n) is 1.61. The number of hydrogen-bond donors (Lipinski definition) is 1. The van der Waals surface area contributed by atoms with Gasteiger partial charge in [0.25, 0.3) is 0 Å². The van der Waals surface area contributed by atoms with Crippen LogP contribution < -0.4 is 5.73 Å². The molecular weight excluding hydrogens is 161 g/mol. The molecule has 0 fully saturated rings. The number of nitrogens with two attached hydrogens (primary N) is 1. The van der Waals surface area contributed by atoms with Crippen molar-refractivity contribution >= 4 is 29.9 Å². The van der Waals surface area contributed by atoms with E-state index >= 15 is 0 Å². The number of hydrogen-bond acceptors (Lipinski definition) is 1. The van der Waals surface area contributed by atoms with Crippen molar-refractivity contribution in [2.75, 3.05) is 5.88 Å². The number of unbranched alkanes of at least 4 members (excludes halogenated alkanes) is 1. The second-order valence-corrected chi connectivity index (χ2v) is 1.99. The van der Waals surface area contributed by atoms with Crippen LogP contribution >= 0.6 is 24.0 Å². The molecule has 0 rings (SSSR count). The molecule has 0 heterocycles. The van der Waals surface area contributed by atoms with E-state index in [1.54, 1.807) is 0 Å². The van der Waals surface area contributed by atoms with Gasteiger partial charge in [-0.3, -0.25) is 4.79 Å². The third kappa shape index (κ3) is 11.6. The highest BCUT2D eigenvalue weighted by Gasteiger charge is 1.91. The SMILES string of the molecule is Cl.NC(=O)CCCCCl. The highest BCUT2D eigenvalue weighted by Crippen LogP contribution is 1.94. The fourth-order valence-corrected chi connectivity index (χ4v) is 0.583. The molecule has 0 aliphatic carbocycles. The van der Waals surface area contributed by atoms with Crippen LogP contribution in [0.1, 0.15) is 19.3 Å². The van der Waals surface area contributed by atoms with Crippen molar-refractivity contribution in [3.8, 4) is 0 Å². The molecule has 0 unspecified atom stereocenters. The molecular formula is C5H11Cl2NO. The third-order valence-corrected chi connectivity index (χ3v) is 1.07. The predicted octanol–water partition coefficient (Wildman–Crippen LogP) is 1.30. The first-order valence-corrected chi connectivity index (χ1v) is 3.15. The number of alkyl halides is 1. The summed E-state index contributed by atoms with van der Waals surface area (Å²) in [6.45, 7) is 0. The number of amides is 1. The Morgan fingerprint density at radius 3 is 2.33 bits per heavy atom. The van der Waals surface area contributed by atoms with Crippen molar-refractivity contribution < 1.29 is 4.79 Å². The molecule has 0 aromatic heterocycles. The Hall–Kier alpha value is 0.0500. The summed E-state index contributed by atoms with van der Waals surface area (Å²) in [7, 11) is 0. The number of halogens is 2. The predicted molar refractivity (Wildman–Crippen MR) is 41.0 cm³/mol. The molecule has 1 amide bonds. The highest BCUT2D eigenvalue weighted by atomic mass is 35.5. The topological polar surface area (TPSA) is 43.1 Å². The molecule has 0 spiro atoms. The van der Waals surface area contributed by atoms with Crippen LogP contribution in [-0.4, -0.2) is 11.8 Å². The van der Waals surface area contributed by atoms with Crippen LogP contribution in [0.15, 0.2) is 0 Å². The van der Waals surface area contributed by atoms with Gasteiger partial charge in [-0.25, -0.2) is 0 Å². The van der Waals surface area contributed by atoms with E-state index in [0.717, 1.165) is 12.8 Å². The van der Waals surface area contributed by atoms with E-state index < -0.39 is 0 Å². The van der Waals surface area contributed by atoms with Gasteiger partial charge in [0.15, 0.2) is 0 Å². The van der Waals surface area contributed by atoms with Crippen LogP contribution in [0.3, 0.4) is 0 Å². The number of carbonyl (C=O) groups excluding carboxylic acids is 1. The van der Waals surface area contributed by atoms with Crippen molar-refractivity contribution in [3.63, 3.8) is 0 Å². The normalized spacial score (nSPS) is 8.11. The zero-order valence-electron chi connectivity index (χ0n) is 5.10. The fourth-order valence-electron chi connectivity index (χ4n) is 0.394. The number of rotatable bonds is 4. The minimum atomic E-state index is -0.241. The number of carbonyl (C=O) groups is 1. The lowest BCUT2D eigenvalue weighted by molar-refractivity contribution is -0.118. The Balaban J connectivity index is 0. The summed E-state index contributed by atoms with van der Waals surface area (Å²) in [6.07, 6.45) is 2.16. The van der Waals surface area contributed by atoms with E-state index in [1.807, 2.05) is 0 Å². The summed E-state index contributed by atoms with van der Waals surface area (Å²) < 4.78 is 0. The van der Waals surface area contributed by atoms with Crippen molar-refractivity contribution in [1.82, 2.24) is 0 Å². The van der Waals surface area contributed by atoms with E-state index in [0.29, 0.717) is 12.3 Å². The zero-order valence-corrected chi connectivity index (χ0v) is 6.67. The maximum Gasteiger partial charge on any atom is 0.217 e. The molecule has 0 saturated heterocycles. The zero-order chi connectivity index (χ0) is 6.41. The third-order valence-electron chi connectivity index (χ3n) is 0.807. The van der Waals surface area contributed by atoms with Gasteiger partial charge in [-0.15, -0.1) is 24.0 Å². The average Bonchev–Trinajstić information content (AvgIpc) is 1.66. The quantitative estimate of drug-likeness (QED) is 0.504. The minimum Gasteiger partial charge on any atom is -0.370 e. The molecule has 0 bridgehead atoms.